The third-order valence-electron chi connectivity index (χ3n) is 3.32. The lowest BCUT2D eigenvalue weighted by molar-refractivity contribution is 1.09. The van der Waals surface area contributed by atoms with Gasteiger partial charge in [-0.25, -0.2) is 5.84 Å². The fraction of sp³-hybridized carbons (Fsp3) is 0.0588. The van der Waals surface area contributed by atoms with Crippen LogP contribution in [-0.2, 0) is 0 Å². The van der Waals surface area contributed by atoms with Gasteiger partial charge in [0.25, 0.3) is 0 Å². The average Bonchev–Trinajstić information content (AvgIpc) is 2.47. The van der Waals surface area contributed by atoms with E-state index in [9.17, 15) is 0 Å². The predicted octanol–water partition coefficient (Wildman–Crippen LogP) is 4.16. The van der Waals surface area contributed by atoms with Crippen LogP contribution >= 0.6 is 0 Å². The maximum Gasteiger partial charge on any atom is 0.0581 e. The molecule has 0 radical (unpaired) electrons. The van der Waals surface area contributed by atoms with E-state index in [0.29, 0.717) is 0 Å². The summed E-state index contributed by atoms with van der Waals surface area (Å²) in [6.07, 6.45) is 0. The number of hydrogen-bond donors (Lipinski definition) is 1. The Balaban J connectivity index is 2.01. The number of nitrogens with zero attached hydrogens (tertiary/aromatic N) is 1. The van der Waals surface area contributed by atoms with Crippen molar-refractivity contribution in [1.29, 1.82) is 0 Å². The first-order chi connectivity index (χ1) is 9.24. The van der Waals surface area contributed by atoms with Crippen LogP contribution in [0.25, 0.3) is 10.8 Å². The van der Waals surface area contributed by atoms with Crippen LogP contribution < -0.4 is 10.9 Å². The van der Waals surface area contributed by atoms with E-state index in [1.807, 2.05) is 30.3 Å². The first-order valence-electron chi connectivity index (χ1n) is 6.34. The first-order valence-corrected chi connectivity index (χ1v) is 6.34. The van der Waals surface area contributed by atoms with Crippen molar-refractivity contribution in [1.82, 2.24) is 0 Å². The van der Waals surface area contributed by atoms with Crippen molar-refractivity contribution in [2.24, 2.45) is 5.84 Å². The lowest BCUT2D eigenvalue weighted by atomic mass is 10.1. The van der Waals surface area contributed by atoms with Crippen LogP contribution in [-0.4, -0.2) is 0 Å². The van der Waals surface area contributed by atoms with Crippen LogP contribution in [0.3, 0.4) is 0 Å². The molecule has 0 atom stereocenters. The molecule has 0 saturated carbocycles. The topological polar surface area (TPSA) is 29.3 Å². The van der Waals surface area contributed by atoms with Gasteiger partial charge in [-0.15, -0.1) is 0 Å². The molecule has 0 aromatic heterocycles. The lowest BCUT2D eigenvalue weighted by Gasteiger charge is -2.19. The molecule has 0 saturated heterocycles. The summed E-state index contributed by atoms with van der Waals surface area (Å²) in [5, 5.41) is 4.14. The normalized spacial score (nSPS) is 10.6. The second-order valence-electron chi connectivity index (χ2n) is 4.74. The molecule has 0 unspecified atom stereocenters. The number of nitrogens with two attached hydrogens (primary N) is 1. The fourth-order valence-corrected chi connectivity index (χ4v) is 2.18. The Hall–Kier alpha value is -2.32. The van der Waals surface area contributed by atoms with Crippen molar-refractivity contribution in [2.45, 2.75) is 6.92 Å². The van der Waals surface area contributed by atoms with E-state index >= 15 is 0 Å². The molecule has 0 spiro atoms. The summed E-state index contributed by atoms with van der Waals surface area (Å²) < 4.78 is 0. The maximum atomic E-state index is 6.19. The van der Waals surface area contributed by atoms with Crippen molar-refractivity contribution >= 4 is 22.1 Å². The van der Waals surface area contributed by atoms with Gasteiger partial charge in [0.2, 0.25) is 0 Å². The molecule has 0 heterocycles. The van der Waals surface area contributed by atoms with Gasteiger partial charge in [-0.2, -0.15) is 0 Å². The highest BCUT2D eigenvalue weighted by Gasteiger charge is 2.05. The average molecular weight is 248 g/mol. The second-order valence-corrected chi connectivity index (χ2v) is 4.74. The van der Waals surface area contributed by atoms with Crippen LogP contribution in [0.1, 0.15) is 5.56 Å². The molecule has 3 aromatic carbocycles. The maximum absolute atomic E-state index is 6.19. The number of hydrazine groups is 1. The van der Waals surface area contributed by atoms with Gasteiger partial charge < -0.3 is 0 Å². The highest BCUT2D eigenvalue weighted by molar-refractivity contribution is 5.86. The van der Waals surface area contributed by atoms with E-state index in [-0.39, 0.29) is 0 Å². The van der Waals surface area contributed by atoms with E-state index in [4.69, 9.17) is 5.84 Å². The van der Waals surface area contributed by atoms with E-state index in [1.54, 1.807) is 5.01 Å². The second kappa shape index (κ2) is 4.75. The van der Waals surface area contributed by atoms with Crippen molar-refractivity contribution in [3.05, 3.63) is 72.3 Å². The quantitative estimate of drug-likeness (QED) is 0.545. The van der Waals surface area contributed by atoms with Gasteiger partial charge in [-0.05, 0) is 42.0 Å². The molecule has 0 fully saturated rings. The summed E-state index contributed by atoms with van der Waals surface area (Å²) in [6.45, 7) is 2.07. The Kier molecular flexibility index (Phi) is 2.94. The molecule has 2 heteroatoms. The van der Waals surface area contributed by atoms with Crippen LogP contribution in [0.15, 0.2) is 66.7 Å². The molecule has 0 bridgehead atoms. The van der Waals surface area contributed by atoms with Gasteiger partial charge in [0.15, 0.2) is 0 Å². The minimum absolute atomic E-state index is 0.987. The zero-order valence-electron chi connectivity index (χ0n) is 10.9. The Bertz CT molecular complexity index is 702. The minimum Gasteiger partial charge on any atom is -0.280 e. The van der Waals surface area contributed by atoms with Gasteiger partial charge in [0.1, 0.15) is 0 Å². The monoisotopic (exact) mass is 248 g/mol. The molecule has 0 aliphatic carbocycles. The SMILES string of the molecule is Cc1ccc(N(N)c2ccc3ccccc3c2)cc1. The van der Waals surface area contributed by atoms with Gasteiger partial charge in [0.05, 0.1) is 11.4 Å². The number of benzene rings is 3. The molecular formula is C17H16N2. The van der Waals surface area contributed by atoms with Crippen molar-refractivity contribution in [3.63, 3.8) is 0 Å². The Morgan fingerprint density at radius 2 is 1.37 bits per heavy atom. The minimum atomic E-state index is 0.987. The smallest absolute Gasteiger partial charge is 0.0581 e. The Labute approximate surface area is 113 Å². The number of rotatable bonds is 2. The molecule has 3 aromatic rings. The standard InChI is InChI=1S/C17H16N2/c1-13-6-9-16(10-7-13)19(18)17-11-8-14-4-2-3-5-15(14)12-17/h2-12H,18H2,1H3. The van der Waals surface area contributed by atoms with Gasteiger partial charge in [-0.3, -0.25) is 5.01 Å². The largest absolute Gasteiger partial charge is 0.280 e. The van der Waals surface area contributed by atoms with E-state index in [0.717, 1.165) is 11.4 Å². The van der Waals surface area contributed by atoms with Crippen LogP contribution in [0, 0.1) is 6.92 Å². The highest BCUT2D eigenvalue weighted by atomic mass is 15.4. The third-order valence-corrected chi connectivity index (χ3v) is 3.32. The summed E-state index contributed by atoms with van der Waals surface area (Å²) in [7, 11) is 0. The predicted molar refractivity (Wildman–Crippen MR) is 81.5 cm³/mol. The van der Waals surface area contributed by atoms with Crippen molar-refractivity contribution < 1.29 is 0 Å². The van der Waals surface area contributed by atoms with Gasteiger partial charge in [0, 0.05) is 0 Å². The summed E-state index contributed by atoms with van der Waals surface area (Å²) in [6, 6.07) is 22.7. The van der Waals surface area contributed by atoms with E-state index in [1.165, 1.54) is 16.3 Å². The molecule has 3 rings (SSSR count). The van der Waals surface area contributed by atoms with E-state index in [2.05, 4.69) is 43.3 Å². The number of anilines is 2. The lowest BCUT2D eigenvalue weighted by Crippen LogP contribution is -2.24. The third kappa shape index (κ3) is 2.30. The van der Waals surface area contributed by atoms with Crippen LogP contribution in [0.4, 0.5) is 11.4 Å². The summed E-state index contributed by atoms with van der Waals surface area (Å²) >= 11 is 0. The Morgan fingerprint density at radius 1 is 0.737 bits per heavy atom. The summed E-state index contributed by atoms with van der Waals surface area (Å²) in [5.74, 6) is 6.19. The zero-order chi connectivity index (χ0) is 13.2. The van der Waals surface area contributed by atoms with Crippen LogP contribution in [0.5, 0.6) is 0 Å². The number of fused-ring (bicyclic) bond motifs is 1. The van der Waals surface area contributed by atoms with Gasteiger partial charge in [-0.1, -0.05) is 48.0 Å². The molecule has 0 amide bonds. The molecule has 2 nitrogen and oxygen atoms in total. The molecule has 0 aliphatic rings. The molecule has 94 valence electrons. The first kappa shape index (κ1) is 11.8. The van der Waals surface area contributed by atoms with Crippen LogP contribution in [0.2, 0.25) is 0 Å². The highest BCUT2D eigenvalue weighted by Crippen LogP contribution is 2.25. The Morgan fingerprint density at radius 3 is 2.11 bits per heavy atom. The number of aryl methyl sites for hydroxylation is 1. The molecule has 2 N–H and O–H groups in total. The number of hydrogen-bond acceptors (Lipinski definition) is 2. The summed E-state index contributed by atoms with van der Waals surface area (Å²) in [4.78, 5) is 0. The fourth-order valence-electron chi connectivity index (χ4n) is 2.18. The van der Waals surface area contributed by atoms with Crippen molar-refractivity contribution in [3.8, 4) is 0 Å². The molecular weight excluding hydrogens is 232 g/mol. The zero-order valence-corrected chi connectivity index (χ0v) is 10.9. The molecule has 0 aliphatic heterocycles. The van der Waals surface area contributed by atoms with E-state index < -0.39 is 0 Å². The summed E-state index contributed by atoms with van der Waals surface area (Å²) in [5.41, 5.74) is 3.21. The van der Waals surface area contributed by atoms with Gasteiger partial charge >= 0.3 is 0 Å². The van der Waals surface area contributed by atoms with Crippen molar-refractivity contribution in [2.75, 3.05) is 5.01 Å². The molecule has 19 heavy (non-hydrogen) atoms.